The molecule has 0 aliphatic rings. The lowest BCUT2D eigenvalue weighted by Crippen LogP contribution is -1.91. The zero-order chi connectivity index (χ0) is 57.1. The monoisotopic (exact) mass is 1100 g/mol. The van der Waals surface area contributed by atoms with E-state index in [2.05, 4.69) is 315 Å². The van der Waals surface area contributed by atoms with Gasteiger partial charge in [-0.1, -0.05) is 285 Å². The highest BCUT2D eigenvalue weighted by molar-refractivity contribution is 6.29. The lowest BCUT2D eigenvalue weighted by molar-refractivity contribution is 0.669. The van der Waals surface area contributed by atoms with E-state index >= 15 is 0 Å². The van der Waals surface area contributed by atoms with Crippen LogP contribution in [0.1, 0.15) is 0 Å². The summed E-state index contributed by atoms with van der Waals surface area (Å²) in [4.78, 5) is 0. The van der Waals surface area contributed by atoms with Crippen molar-refractivity contribution < 1.29 is 4.42 Å². The van der Waals surface area contributed by atoms with Crippen molar-refractivity contribution >= 4 is 119 Å². The molecule has 1 heterocycles. The van der Waals surface area contributed by atoms with Crippen LogP contribution in [0.4, 0.5) is 0 Å². The fraction of sp³-hybridized carbons (Fsp3) is 0. The summed E-state index contributed by atoms with van der Waals surface area (Å²) in [5, 5.41) is 25.6. The highest BCUT2D eigenvalue weighted by Crippen LogP contribution is 2.49. The summed E-state index contributed by atoms with van der Waals surface area (Å²) in [5.41, 5.74) is 16.7. The zero-order valence-corrected chi connectivity index (χ0v) is 47.4. The van der Waals surface area contributed by atoms with Crippen LogP contribution >= 0.6 is 0 Å². The molecule has 1 heteroatoms. The van der Waals surface area contributed by atoms with Crippen LogP contribution in [-0.2, 0) is 0 Å². The molecule has 402 valence electrons. The van der Waals surface area contributed by atoms with E-state index in [-0.39, 0.29) is 0 Å². The number of hydrogen-bond acceptors (Lipinski definition) is 1. The summed E-state index contributed by atoms with van der Waals surface area (Å²) in [5.74, 6) is 0. The molecular weight excluding hydrogens is 1050 g/mol. The summed E-state index contributed by atoms with van der Waals surface area (Å²) < 4.78 is 6.50. The number of benzene rings is 18. The molecular formula is C86H52O. The van der Waals surface area contributed by atoms with Crippen LogP contribution in [0, 0.1) is 0 Å². The van der Waals surface area contributed by atoms with Crippen molar-refractivity contribution in [2.45, 2.75) is 0 Å². The van der Waals surface area contributed by atoms with Crippen molar-refractivity contribution in [2.24, 2.45) is 0 Å². The minimum absolute atomic E-state index is 0.913. The SMILES string of the molecule is c1cc(-c2ccc(-c3ccc4ccc5cccc6ccc3c4c56)cc2)cc(-c2ccc3ccc4cccc5ccc2c3c45)c1.c1ccc(-c2cccc(-c3c4ccccc4c(-c4cccc5oc6cc7ccccc7cc6c45)c4ccccc34)c2)cc1. The van der Waals surface area contributed by atoms with Gasteiger partial charge in [-0.15, -0.1) is 0 Å². The van der Waals surface area contributed by atoms with E-state index in [0.717, 1.165) is 21.9 Å². The Morgan fingerprint density at radius 3 is 1.16 bits per heavy atom. The highest BCUT2D eigenvalue weighted by atomic mass is 16.3. The molecule has 87 heavy (non-hydrogen) atoms. The predicted octanol–water partition coefficient (Wildman–Crippen LogP) is 24.5. The average Bonchev–Trinajstić information content (AvgIpc) is 2.05. The minimum atomic E-state index is 0.913. The molecule has 0 fully saturated rings. The Morgan fingerprint density at radius 1 is 0.161 bits per heavy atom. The van der Waals surface area contributed by atoms with Gasteiger partial charge in [0.2, 0.25) is 0 Å². The zero-order valence-electron chi connectivity index (χ0n) is 47.4. The van der Waals surface area contributed by atoms with Crippen LogP contribution in [0.25, 0.3) is 186 Å². The van der Waals surface area contributed by atoms with E-state index in [0.29, 0.717) is 0 Å². The quantitative estimate of drug-likeness (QED) is 0.119. The van der Waals surface area contributed by atoms with E-state index in [1.165, 1.54) is 164 Å². The van der Waals surface area contributed by atoms with Crippen molar-refractivity contribution in [2.75, 3.05) is 0 Å². The first kappa shape index (κ1) is 49.1. The van der Waals surface area contributed by atoms with E-state index in [1.807, 2.05) is 0 Å². The molecule has 0 bridgehead atoms. The van der Waals surface area contributed by atoms with Crippen molar-refractivity contribution in [1.82, 2.24) is 0 Å². The van der Waals surface area contributed by atoms with Gasteiger partial charge in [-0.2, -0.15) is 0 Å². The Hall–Kier alpha value is -11.4. The molecule has 1 nitrogen and oxygen atoms in total. The third-order valence-electron chi connectivity index (χ3n) is 18.6. The van der Waals surface area contributed by atoms with Crippen molar-refractivity contribution in [1.29, 1.82) is 0 Å². The maximum absolute atomic E-state index is 6.50. The van der Waals surface area contributed by atoms with Crippen molar-refractivity contribution in [3.05, 3.63) is 315 Å². The van der Waals surface area contributed by atoms with Crippen LogP contribution in [-0.4, -0.2) is 0 Å². The molecule has 0 aliphatic carbocycles. The first-order chi connectivity index (χ1) is 43.1. The fourth-order valence-electron chi connectivity index (χ4n) is 14.6. The van der Waals surface area contributed by atoms with Crippen LogP contribution in [0.5, 0.6) is 0 Å². The topological polar surface area (TPSA) is 13.1 Å². The van der Waals surface area contributed by atoms with E-state index in [9.17, 15) is 0 Å². The van der Waals surface area contributed by atoms with Gasteiger partial charge in [-0.05, 0) is 194 Å². The Morgan fingerprint density at radius 2 is 0.563 bits per heavy atom. The van der Waals surface area contributed by atoms with Crippen LogP contribution in [0.3, 0.4) is 0 Å². The molecule has 19 aromatic rings. The lowest BCUT2D eigenvalue weighted by atomic mass is 9.84. The average molecular weight is 1100 g/mol. The van der Waals surface area contributed by atoms with Crippen LogP contribution < -0.4 is 0 Å². The second-order valence-electron chi connectivity index (χ2n) is 23.4. The molecule has 18 aromatic carbocycles. The largest absolute Gasteiger partial charge is 0.456 e. The van der Waals surface area contributed by atoms with Gasteiger partial charge in [0.1, 0.15) is 11.2 Å². The number of hydrogen-bond donors (Lipinski definition) is 0. The Labute approximate surface area is 502 Å². The van der Waals surface area contributed by atoms with Gasteiger partial charge in [-0.3, -0.25) is 0 Å². The maximum Gasteiger partial charge on any atom is 0.136 e. The smallest absolute Gasteiger partial charge is 0.136 e. The number of furan rings is 1. The van der Waals surface area contributed by atoms with Gasteiger partial charge in [0.25, 0.3) is 0 Å². The Bertz CT molecular complexity index is 5840. The Balaban J connectivity index is 0.000000131. The van der Waals surface area contributed by atoms with Crippen molar-refractivity contribution in [3.8, 4) is 66.8 Å². The summed E-state index contributed by atoms with van der Waals surface area (Å²) in [7, 11) is 0. The highest BCUT2D eigenvalue weighted by Gasteiger charge is 2.22. The molecule has 0 spiro atoms. The van der Waals surface area contributed by atoms with E-state index in [4.69, 9.17) is 4.42 Å². The normalized spacial score (nSPS) is 11.9. The molecule has 0 saturated carbocycles. The lowest BCUT2D eigenvalue weighted by Gasteiger charge is -2.18. The maximum atomic E-state index is 6.50. The van der Waals surface area contributed by atoms with Crippen molar-refractivity contribution in [3.63, 3.8) is 0 Å². The van der Waals surface area contributed by atoms with Gasteiger partial charge in [0.05, 0.1) is 0 Å². The van der Waals surface area contributed by atoms with Gasteiger partial charge < -0.3 is 4.42 Å². The van der Waals surface area contributed by atoms with Gasteiger partial charge in [-0.25, -0.2) is 0 Å². The second-order valence-corrected chi connectivity index (χ2v) is 23.4. The molecule has 0 atom stereocenters. The summed E-state index contributed by atoms with van der Waals surface area (Å²) in [6, 6.07) is 115. The fourth-order valence-corrected chi connectivity index (χ4v) is 14.6. The van der Waals surface area contributed by atoms with Gasteiger partial charge >= 0.3 is 0 Å². The predicted molar refractivity (Wildman–Crippen MR) is 373 cm³/mol. The van der Waals surface area contributed by atoms with Crippen LogP contribution in [0.15, 0.2) is 320 Å². The number of rotatable bonds is 6. The van der Waals surface area contributed by atoms with E-state index < -0.39 is 0 Å². The first-order valence-corrected chi connectivity index (χ1v) is 30.1. The second kappa shape index (κ2) is 19.6. The minimum Gasteiger partial charge on any atom is -0.456 e. The molecule has 0 N–H and O–H groups in total. The molecule has 0 radical (unpaired) electrons. The summed E-state index contributed by atoms with van der Waals surface area (Å²) in [6.07, 6.45) is 0. The molecule has 0 aliphatic heterocycles. The van der Waals surface area contributed by atoms with Gasteiger partial charge in [0.15, 0.2) is 0 Å². The van der Waals surface area contributed by atoms with Crippen LogP contribution in [0.2, 0.25) is 0 Å². The van der Waals surface area contributed by atoms with E-state index in [1.54, 1.807) is 0 Å². The third kappa shape index (κ3) is 7.87. The summed E-state index contributed by atoms with van der Waals surface area (Å²) >= 11 is 0. The molecule has 0 saturated heterocycles. The molecule has 0 amide bonds. The standard InChI is InChI=1S/C44H26.C42H26O/c1-4-29-14-16-33-18-22-37(39-24-20-31(6-1)41(29)43(33)39)28-12-10-27(11-13-28)35-8-3-9-36(26-35)38-23-19-34-17-15-30-5-2-7-32-21-25-40(38)44(34)42(30)32;1-2-12-27(13-3-1)28-16-10-17-31(24-28)40-32-18-6-8-20-34(32)41(35-21-9-7-19-33(35)40)36-22-11-23-38-42(36)37-25-29-14-4-5-15-30(29)26-39(37)43-38/h1-26H;1-26H. The summed E-state index contributed by atoms with van der Waals surface area (Å²) in [6.45, 7) is 0. The molecule has 0 unspecified atom stereocenters. The first-order valence-electron chi connectivity index (χ1n) is 30.1. The molecule has 19 rings (SSSR count). The Kier molecular flexibility index (Phi) is 11.1. The molecule has 1 aromatic heterocycles. The van der Waals surface area contributed by atoms with Gasteiger partial charge in [0, 0.05) is 10.8 Å². The number of fused-ring (bicyclic) bond motifs is 6. The third-order valence-corrected chi connectivity index (χ3v) is 18.6.